The van der Waals surface area contributed by atoms with Crippen molar-refractivity contribution in [1.29, 1.82) is 5.26 Å². The minimum Gasteiger partial charge on any atom is -0.378 e. The third-order valence-corrected chi connectivity index (χ3v) is 2.78. The summed E-state index contributed by atoms with van der Waals surface area (Å²) in [6.45, 7) is 0. The molecule has 4 heteroatoms. The van der Waals surface area contributed by atoms with E-state index in [1.54, 1.807) is 6.07 Å². The molecule has 0 bridgehead atoms. The number of hydrogen-bond acceptors (Lipinski definition) is 4. The van der Waals surface area contributed by atoms with Gasteiger partial charge < -0.3 is 4.90 Å². The fourth-order valence-corrected chi connectivity index (χ4v) is 1.64. The summed E-state index contributed by atoms with van der Waals surface area (Å²) >= 11 is 0. The first-order valence-electron chi connectivity index (χ1n) is 6.38. The van der Waals surface area contributed by atoms with E-state index in [2.05, 4.69) is 22.1 Å². The van der Waals surface area contributed by atoms with Crippen molar-refractivity contribution in [1.82, 2.24) is 0 Å². The van der Waals surface area contributed by atoms with Gasteiger partial charge in [0.15, 0.2) is 6.07 Å². The molecular weight excluding hydrogens is 260 g/mol. The summed E-state index contributed by atoms with van der Waals surface area (Å²) in [5, 5.41) is 16.7. The van der Waals surface area contributed by atoms with Crippen molar-refractivity contribution in [3.8, 4) is 17.9 Å². The lowest BCUT2D eigenvalue weighted by molar-refractivity contribution is 1.13. The van der Waals surface area contributed by atoms with Crippen LogP contribution in [0.1, 0.15) is 5.56 Å². The monoisotopic (exact) mass is 274 g/mol. The third-order valence-electron chi connectivity index (χ3n) is 2.78. The van der Waals surface area contributed by atoms with Crippen LogP contribution >= 0.6 is 0 Å². The second-order valence-corrected chi connectivity index (χ2v) is 4.52. The molecule has 0 aromatic heterocycles. The first-order valence-corrected chi connectivity index (χ1v) is 6.38. The zero-order valence-corrected chi connectivity index (χ0v) is 11.9. The maximum Gasteiger partial charge on any atom is 0.152 e. The van der Waals surface area contributed by atoms with Crippen LogP contribution in [0.25, 0.3) is 0 Å². The average Bonchev–Trinajstić information content (AvgIpc) is 2.52. The summed E-state index contributed by atoms with van der Waals surface area (Å²) < 4.78 is 0. The molecule has 0 atom stereocenters. The van der Waals surface area contributed by atoms with Crippen LogP contribution in [0, 0.1) is 23.2 Å². The topological polar surface area (TPSA) is 51.8 Å². The Morgan fingerprint density at radius 3 is 1.86 bits per heavy atom. The largest absolute Gasteiger partial charge is 0.378 e. The molecule has 2 aromatic carbocycles. The van der Waals surface area contributed by atoms with Gasteiger partial charge in [0.1, 0.15) is 0 Å². The van der Waals surface area contributed by atoms with Crippen molar-refractivity contribution < 1.29 is 0 Å². The molecule has 0 amide bonds. The van der Waals surface area contributed by atoms with Crippen molar-refractivity contribution in [2.45, 2.75) is 0 Å². The van der Waals surface area contributed by atoms with E-state index in [1.165, 1.54) is 0 Å². The van der Waals surface area contributed by atoms with Gasteiger partial charge in [-0.1, -0.05) is 5.92 Å². The number of anilines is 1. The molecule has 4 nitrogen and oxygen atoms in total. The molecule has 0 fully saturated rings. The Hall–Kier alpha value is -3.11. The molecule has 0 spiro atoms. The number of azo groups is 1. The van der Waals surface area contributed by atoms with E-state index < -0.39 is 0 Å². The Morgan fingerprint density at radius 1 is 0.857 bits per heavy atom. The molecule has 0 aliphatic rings. The lowest BCUT2D eigenvalue weighted by Crippen LogP contribution is -2.07. The highest BCUT2D eigenvalue weighted by atomic mass is 15.1. The van der Waals surface area contributed by atoms with Gasteiger partial charge in [0, 0.05) is 31.3 Å². The highest BCUT2D eigenvalue weighted by Gasteiger charge is 1.95. The van der Waals surface area contributed by atoms with Crippen LogP contribution in [0.3, 0.4) is 0 Å². The molecule has 21 heavy (non-hydrogen) atoms. The predicted molar refractivity (Wildman–Crippen MR) is 83.9 cm³/mol. The maximum absolute atomic E-state index is 8.39. The van der Waals surface area contributed by atoms with Crippen molar-refractivity contribution >= 4 is 17.1 Å². The van der Waals surface area contributed by atoms with Crippen LogP contribution in [0.2, 0.25) is 0 Å². The van der Waals surface area contributed by atoms with E-state index in [1.807, 2.05) is 67.5 Å². The highest BCUT2D eigenvalue weighted by molar-refractivity contribution is 5.52. The molecule has 2 rings (SSSR count). The Morgan fingerprint density at radius 2 is 1.38 bits per heavy atom. The van der Waals surface area contributed by atoms with E-state index >= 15 is 0 Å². The van der Waals surface area contributed by atoms with Gasteiger partial charge in [-0.25, -0.2) is 0 Å². The van der Waals surface area contributed by atoms with Crippen molar-refractivity contribution in [3.63, 3.8) is 0 Å². The zero-order valence-electron chi connectivity index (χ0n) is 11.9. The van der Waals surface area contributed by atoms with E-state index in [0.29, 0.717) is 0 Å². The lowest BCUT2D eigenvalue weighted by Gasteiger charge is -2.11. The Kier molecular flexibility index (Phi) is 4.69. The van der Waals surface area contributed by atoms with Gasteiger partial charge in [-0.05, 0) is 48.5 Å². The molecule has 0 saturated heterocycles. The summed E-state index contributed by atoms with van der Waals surface area (Å²) in [5.74, 6) is 5.08. The molecule has 0 aliphatic heterocycles. The molecule has 102 valence electrons. The van der Waals surface area contributed by atoms with Crippen LogP contribution in [0.15, 0.2) is 58.8 Å². The minimum absolute atomic E-state index is 0.745. The van der Waals surface area contributed by atoms with Gasteiger partial charge in [0.25, 0.3) is 0 Å². The fourth-order valence-electron chi connectivity index (χ4n) is 1.64. The van der Waals surface area contributed by atoms with E-state index in [-0.39, 0.29) is 0 Å². The van der Waals surface area contributed by atoms with Gasteiger partial charge in [0.2, 0.25) is 0 Å². The van der Waals surface area contributed by atoms with Crippen LogP contribution in [0.4, 0.5) is 17.1 Å². The van der Waals surface area contributed by atoms with Crippen LogP contribution in [-0.2, 0) is 0 Å². The standard InChI is InChI=1S/C17H14N4/c1-21(2)17-11-9-16(10-12-17)20-19-15-7-5-14(6-8-15)4-3-13-18/h5-12H,1-2H3/b20-19+. The second-order valence-electron chi connectivity index (χ2n) is 4.52. The zero-order chi connectivity index (χ0) is 15.1. The van der Waals surface area contributed by atoms with Gasteiger partial charge in [-0.15, -0.1) is 0 Å². The molecular formula is C17H14N4. The Bertz CT molecular complexity index is 724. The number of nitriles is 1. The molecule has 0 heterocycles. The minimum atomic E-state index is 0.745. The number of benzene rings is 2. The average molecular weight is 274 g/mol. The molecule has 0 unspecified atom stereocenters. The first kappa shape index (κ1) is 14.3. The fraction of sp³-hybridized carbons (Fsp3) is 0.118. The number of hydrogen-bond donors (Lipinski definition) is 0. The summed E-state index contributed by atoms with van der Waals surface area (Å²) in [6, 6.07) is 16.9. The van der Waals surface area contributed by atoms with Gasteiger partial charge in [-0.3, -0.25) is 0 Å². The van der Waals surface area contributed by atoms with Crippen molar-refractivity contribution in [2.24, 2.45) is 10.2 Å². The maximum atomic E-state index is 8.39. The number of rotatable bonds is 3. The van der Waals surface area contributed by atoms with Crippen LogP contribution in [0.5, 0.6) is 0 Å². The quantitative estimate of drug-likeness (QED) is 0.626. The molecule has 2 aromatic rings. The van der Waals surface area contributed by atoms with Gasteiger partial charge >= 0.3 is 0 Å². The van der Waals surface area contributed by atoms with E-state index in [0.717, 1.165) is 22.6 Å². The van der Waals surface area contributed by atoms with Gasteiger partial charge in [0.05, 0.1) is 11.4 Å². The number of nitrogens with zero attached hydrogens (tertiary/aromatic N) is 4. The highest BCUT2D eigenvalue weighted by Crippen LogP contribution is 2.21. The third kappa shape index (κ3) is 4.19. The smallest absolute Gasteiger partial charge is 0.152 e. The predicted octanol–water partition coefficient (Wildman–Crippen LogP) is 4.04. The SMILES string of the molecule is CN(C)c1ccc(/N=N/c2ccc(C#CC#N)cc2)cc1. The molecule has 0 N–H and O–H groups in total. The molecule has 0 radical (unpaired) electrons. The second kappa shape index (κ2) is 6.88. The first-order chi connectivity index (χ1) is 10.2. The van der Waals surface area contributed by atoms with Crippen molar-refractivity contribution in [2.75, 3.05) is 19.0 Å². The summed E-state index contributed by atoms with van der Waals surface area (Å²) in [6.07, 6.45) is 0. The Labute approximate surface area is 124 Å². The lowest BCUT2D eigenvalue weighted by atomic mass is 10.2. The van der Waals surface area contributed by atoms with E-state index in [4.69, 9.17) is 5.26 Å². The summed E-state index contributed by atoms with van der Waals surface area (Å²) in [7, 11) is 3.99. The van der Waals surface area contributed by atoms with Crippen LogP contribution in [-0.4, -0.2) is 14.1 Å². The van der Waals surface area contributed by atoms with Crippen molar-refractivity contribution in [3.05, 3.63) is 54.1 Å². The Balaban J connectivity index is 2.08. The normalized spacial score (nSPS) is 9.76. The molecule has 0 saturated carbocycles. The summed E-state index contributed by atoms with van der Waals surface area (Å²) in [5.41, 5.74) is 3.45. The molecule has 0 aliphatic carbocycles. The summed E-state index contributed by atoms with van der Waals surface area (Å²) in [4.78, 5) is 2.03. The van der Waals surface area contributed by atoms with Gasteiger partial charge in [-0.2, -0.15) is 15.5 Å². The van der Waals surface area contributed by atoms with E-state index in [9.17, 15) is 0 Å². The van der Waals surface area contributed by atoms with Crippen LogP contribution < -0.4 is 4.90 Å².